The summed E-state index contributed by atoms with van der Waals surface area (Å²) in [6, 6.07) is 4.55. The summed E-state index contributed by atoms with van der Waals surface area (Å²) < 4.78 is 3.49. The van der Waals surface area contributed by atoms with Crippen LogP contribution in [-0.2, 0) is 0 Å². The Morgan fingerprint density at radius 2 is 1.88 bits per heavy atom. The molecule has 6 heteroatoms. The SMILES string of the molecule is CNC(c1cc(Br)sc1Br)c1sc(C)cc1Br. The highest BCUT2D eigenvalue weighted by atomic mass is 79.9. The third-order valence-electron chi connectivity index (χ3n) is 2.38. The first-order valence-electron chi connectivity index (χ1n) is 4.90. The van der Waals surface area contributed by atoms with Gasteiger partial charge in [0.1, 0.15) is 0 Å². The highest BCUT2D eigenvalue weighted by Gasteiger charge is 2.21. The predicted molar refractivity (Wildman–Crippen MR) is 87.4 cm³/mol. The normalized spacial score (nSPS) is 13.0. The van der Waals surface area contributed by atoms with E-state index in [0.717, 1.165) is 3.79 Å². The summed E-state index contributed by atoms with van der Waals surface area (Å²) in [6.45, 7) is 2.13. The molecule has 92 valence electrons. The molecule has 0 bridgehead atoms. The lowest BCUT2D eigenvalue weighted by Gasteiger charge is -2.14. The molecular formula is C11H10Br3NS2. The second kappa shape index (κ2) is 5.84. The molecule has 1 nitrogen and oxygen atoms in total. The summed E-state index contributed by atoms with van der Waals surface area (Å²) >= 11 is 14.3. The molecule has 2 aromatic rings. The van der Waals surface area contributed by atoms with Gasteiger partial charge in [0, 0.05) is 19.8 Å². The number of hydrogen-bond acceptors (Lipinski definition) is 3. The van der Waals surface area contributed by atoms with Crippen molar-refractivity contribution < 1.29 is 0 Å². The lowest BCUT2D eigenvalue weighted by molar-refractivity contribution is 0.701. The molecular weight excluding hydrogens is 450 g/mol. The number of aryl methyl sites for hydroxylation is 1. The molecule has 0 aromatic carbocycles. The van der Waals surface area contributed by atoms with Gasteiger partial charge in [-0.2, -0.15) is 0 Å². The van der Waals surface area contributed by atoms with E-state index >= 15 is 0 Å². The highest BCUT2D eigenvalue weighted by Crippen LogP contribution is 2.41. The maximum Gasteiger partial charge on any atom is 0.0762 e. The molecule has 0 aliphatic carbocycles. The van der Waals surface area contributed by atoms with Gasteiger partial charge in [0.2, 0.25) is 0 Å². The number of thiophene rings is 2. The quantitative estimate of drug-likeness (QED) is 0.619. The second-order valence-corrected chi connectivity index (χ2v) is 9.46. The van der Waals surface area contributed by atoms with E-state index in [1.165, 1.54) is 23.6 Å². The first kappa shape index (κ1) is 14.2. The van der Waals surface area contributed by atoms with E-state index in [-0.39, 0.29) is 6.04 Å². The topological polar surface area (TPSA) is 12.0 Å². The third-order valence-corrected chi connectivity index (χ3v) is 6.80. The summed E-state index contributed by atoms with van der Waals surface area (Å²) in [5.41, 5.74) is 1.27. The van der Waals surface area contributed by atoms with Crippen LogP contribution in [0, 0.1) is 6.92 Å². The Labute approximate surface area is 134 Å². The zero-order chi connectivity index (χ0) is 12.6. The van der Waals surface area contributed by atoms with Crippen LogP contribution in [0.5, 0.6) is 0 Å². The highest BCUT2D eigenvalue weighted by molar-refractivity contribution is 9.12. The molecule has 1 unspecified atom stereocenters. The van der Waals surface area contributed by atoms with Crippen molar-refractivity contribution in [2.75, 3.05) is 7.05 Å². The molecule has 2 aromatic heterocycles. The zero-order valence-corrected chi connectivity index (χ0v) is 15.6. The molecule has 2 rings (SSSR count). The van der Waals surface area contributed by atoms with Crippen molar-refractivity contribution in [1.82, 2.24) is 5.32 Å². The lowest BCUT2D eigenvalue weighted by Crippen LogP contribution is -2.16. The fourth-order valence-electron chi connectivity index (χ4n) is 1.68. The summed E-state index contributed by atoms with van der Waals surface area (Å²) in [5, 5.41) is 3.38. The summed E-state index contributed by atoms with van der Waals surface area (Å²) in [6.07, 6.45) is 0. The second-order valence-electron chi connectivity index (χ2n) is 3.57. The van der Waals surface area contributed by atoms with Crippen molar-refractivity contribution >= 4 is 70.5 Å². The van der Waals surface area contributed by atoms with E-state index in [2.05, 4.69) is 72.2 Å². The number of rotatable bonds is 3. The van der Waals surface area contributed by atoms with Gasteiger partial charge in [-0.15, -0.1) is 22.7 Å². The van der Waals surface area contributed by atoms with Crippen LogP contribution in [-0.4, -0.2) is 7.05 Å². The first-order valence-corrected chi connectivity index (χ1v) is 8.92. The van der Waals surface area contributed by atoms with Crippen LogP contribution in [0.3, 0.4) is 0 Å². The van der Waals surface area contributed by atoms with Gasteiger partial charge in [-0.25, -0.2) is 0 Å². The van der Waals surface area contributed by atoms with E-state index in [1.807, 2.05) is 18.4 Å². The maximum atomic E-state index is 3.63. The van der Waals surface area contributed by atoms with E-state index < -0.39 is 0 Å². The number of halogens is 3. The molecule has 1 atom stereocenters. The Bertz CT molecular complexity index is 487. The lowest BCUT2D eigenvalue weighted by atomic mass is 10.1. The molecule has 0 aliphatic heterocycles. The molecule has 0 saturated heterocycles. The molecule has 0 radical (unpaired) electrons. The van der Waals surface area contributed by atoms with Gasteiger partial charge < -0.3 is 5.32 Å². The monoisotopic (exact) mass is 457 g/mol. The smallest absolute Gasteiger partial charge is 0.0762 e. The first-order chi connectivity index (χ1) is 8.02. The van der Waals surface area contributed by atoms with Gasteiger partial charge in [0.05, 0.1) is 13.6 Å². The minimum Gasteiger partial charge on any atom is -0.309 e. The summed E-state index contributed by atoms with van der Waals surface area (Å²) in [7, 11) is 1.99. The van der Waals surface area contributed by atoms with Gasteiger partial charge in [-0.05, 0) is 73.9 Å². The van der Waals surface area contributed by atoms with E-state index in [0.29, 0.717) is 0 Å². The van der Waals surface area contributed by atoms with Crippen LogP contribution >= 0.6 is 70.5 Å². The van der Waals surface area contributed by atoms with Crippen LogP contribution < -0.4 is 5.32 Å². The van der Waals surface area contributed by atoms with Crippen molar-refractivity contribution in [3.8, 4) is 0 Å². The maximum absolute atomic E-state index is 3.63. The van der Waals surface area contributed by atoms with Crippen molar-refractivity contribution in [2.45, 2.75) is 13.0 Å². The Kier molecular flexibility index (Phi) is 4.88. The van der Waals surface area contributed by atoms with Crippen LogP contribution in [0.25, 0.3) is 0 Å². The fraction of sp³-hybridized carbons (Fsp3) is 0.273. The molecule has 0 fully saturated rings. The molecule has 0 saturated carbocycles. The van der Waals surface area contributed by atoms with Crippen molar-refractivity contribution in [3.63, 3.8) is 0 Å². The largest absolute Gasteiger partial charge is 0.309 e. The van der Waals surface area contributed by atoms with Gasteiger partial charge in [-0.1, -0.05) is 0 Å². The molecule has 17 heavy (non-hydrogen) atoms. The van der Waals surface area contributed by atoms with Crippen LogP contribution in [0.1, 0.15) is 21.4 Å². The molecule has 0 amide bonds. The molecule has 2 heterocycles. The average Bonchev–Trinajstić information content (AvgIpc) is 2.73. The van der Waals surface area contributed by atoms with Crippen molar-refractivity contribution in [2.24, 2.45) is 0 Å². The van der Waals surface area contributed by atoms with E-state index in [4.69, 9.17) is 0 Å². The standard InChI is InChI=1S/C11H10Br3NS2/c1-5-3-7(12)10(16-5)9(15-2)6-4-8(13)17-11(6)14/h3-4,9,15H,1-2H3. The Morgan fingerprint density at radius 3 is 2.29 bits per heavy atom. The number of hydrogen-bond donors (Lipinski definition) is 1. The summed E-state index contributed by atoms with van der Waals surface area (Å²) in [5.74, 6) is 0. The third kappa shape index (κ3) is 3.04. The van der Waals surface area contributed by atoms with Gasteiger partial charge >= 0.3 is 0 Å². The summed E-state index contributed by atoms with van der Waals surface area (Å²) in [4.78, 5) is 2.63. The van der Waals surface area contributed by atoms with Crippen molar-refractivity contribution in [1.29, 1.82) is 0 Å². The minimum atomic E-state index is 0.222. The molecule has 1 N–H and O–H groups in total. The Hall–Kier alpha value is 0.800. The van der Waals surface area contributed by atoms with Crippen LogP contribution in [0.15, 0.2) is 24.2 Å². The zero-order valence-electron chi connectivity index (χ0n) is 9.18. The van der Waals surface area contributed by atoms with Gasteiger partial charge in [0.15, 0.2) is 0 Å². The van der Waals surface area contributed by atoms with Crippen LogP contribution in [0.2, 0.25) is 0 Å². The molecule has 0 spiro atoms. The number of nitrogens with one attached hydrogen (secondary N) is 1. The fourth-order valence-corrected chi connectivity index (χ4v) is 6.59. The Morgan fingerprint density at radius 1 is 1.18 bits per heavy atom. The van der Waals surface area contributed by atoms with E-state index in [9.17, 15) is 0 Å². The molecule has 0 aliphatic rings. The minimum absolute atomic E-state index is 0.222. The van der Waals surface area contributed by atoms with Gasteiger partial charge in [0.25, 0.3) is 0 Å². The van der Waals surface area contributed by atoms with Crippen molar-refractivity contribution in [3.05, 3.63) is 39.5 Å². The average molecular weight is 460 g/mol. The van der Waals surface area contributed by atoms with Gasteiger partial charge in [-0.3, -0.25) is 0 Å². The van der Waals surface area contributed by atoms with Crippen LogP contribution in [0.4, 0.5) is 0 Å². The van der Waals surface area contributed by atoms with E-state index in [1.54, 1.807) is 11.3 Å². The Balaban J connectivity index is 2.47. The predicted octanol–water partition coefficient (Wildman–Crippen LogP) is 5.71.